The van der Waals surface area contributed by atoms with Gasteiger partial charge in [-0.3, -0.25) is 4.79 Å². The number of hydrogen-bond donors (Lipinski definition) is 3. The van der Waals surface area contributed by atoms with Crippen molar-refractivity contribution in [3.63, 3.8) is 0 Å². The maximum absolute atomic E-state index is 13.3. The maximum Gasteiger partial charge on any atom is 0.326 e. The molecule has 0 aromatic heterocycles. The zero-order valence-electron chi connectivity index (χ0n) is 19.0. The molecule has 0 saturated carbocycles. The number of aliphatic carboxylic acids is 1. The van der Waals surface area contributed by atoms with Crippen LogP contribution in [-0.2, 0) is 11.3 Å². The van der Waals surface area contributed by atoms with Crippen molar-refractivity contribution < 1.29 is 28.3 Å². The van der Waals surface area contributed by atoms with Gasteiger partial charge in [-0.1, -0.05) is 38.1 Å². The fraction of sp³-hybridized carbons (Fsp3) is 0.192. The lowest BCUT2D eigenvalue weighted by Crippen LogP contribution is -2.44. The van der Waals surface area contributed by atoms with Crippen LogP contribution >= 0.6 is 0 Å². The number of nitrogens with zero attached hydrogens (tertiary/aromatic N) is 1. The van der Waals surface area contributed by atoms with E-state index >= 15 is 0 Å². The number of carboxylic acids is 1. The van der Waals surface area contributed by atoms with E-state index in [0.29, 0.717) is 17.3 Å². The smallest absolute Gasteiger partial charge is 0.326 e. The predicted octanol–water partition coefficient (Wildman–Crippen LogP) is 5.34. The molecule has 0 saturated heterocycles. The molecule has 0 bridgehead atoms. The predicted molar refractivity (Wildman–Crippen MR) is 127 cm³/mol. The Labute approximate surface area is 200 Å². The van der Waals surface area contributed by atoms with Crippen molar-refractivity contribution in [3.05, 3.63) is 83.4 Å². The van der Waals surface area contributed by atoms with Crippen LogP contribution in [0.1, 0.15) is 29.8 Å². The molecule has 3 aromatic carbocycles. The highest BCUT2D eigenvalue weighted by Gasteiger charge is 2.38. The highest BCUT2D eigenvalue weighted by atomic mass is 19.1. The number of urea groups is 1. The summed E-state index contributed by atoms with van der Waals surface area (Å²) >= 11 is 0. The van der Waals surface area contributed by atoms with E-state index in [1.54, 1.807) is 44.2 Å². The quantitative estimate of drug-likeness (QED) is 0.444. The van der Waals surface area contributed by atoms with Crippen molar-refractivity contribution in [2.75, 3.05) is 10.6 Å². The van der Waals surface area contributed by atoms with Crippen molar-refractivity contribution in [1.29, 1.82) is 0 Å². The number of carbonyl (C=O) groups is 3. The molecule has 35 heavy (non-hydrogen) atoms. The molecule has 180 valence electrons. The van der Waals surface area contributed by atoms with E-state index in [2.05, 4.69) is 10.6 Å². The summed E-state index contributed by atoms with van der Waals surface area (Å²) in [5, 5.41) is 14.5. The molecule has 7 nitrogen and oxygen atoms in total. The van der Waals surface area contributed by atoms with Gasteiger partial charge in [-0.25, -0.2) is 18.4 Å². The number of carboxylic acid groups (broad SMARTS) is 1. The van der Waals surface area contributed by atoms with Crippen molar-refractivity contribution in [1.82, 2.24) is 4.90 Å². The Kier molecular flexibility index (Phi) is 6.50. The molecule has 9 heteroatoms. The zero-order chi connectivity index (χ0) is 25.3. The minimum atomic E-state index is -1.03. The van der Waals surface area contributed by atoms with Gasteiger partial charge in [0, 0.05) is 29.5 Å². The highest BCUT2D eigenvalue weighted by Crippen LogP contribution is 2.31. The average molecular weight is 479 g/mol. The molecule has 1 heterocycles. The number of hydrogen-bond acceptors (Lipinski definition) is 3. The normalized spacial score (nSPS) is 13.5. The molecular weight excluding hydrogens is 456 g/mol. The lowest BCUT2D eigenvalue weighted by atomic mass is 10.00. The molecule has 1 aliphatic heterocycles. The first-order valence-electron chi connectivity index (χ1n) is 10.9. The van der Waals surface area contributed by atoms with Crippen LogP contribution in [0.5, 0.6) is 0 Å². The van der Waals surface area contributed by atoms with E-state index in [1.807, 2.05) is 12.1 Å². The van der Waals surface area contributed by atoms with Crippen LogP contribution in [-0.4, -0.2) is 34.0 Å². The van der Waals surface area contributed by atoms with E-state index in [-0.39, 0.29) is 24.1 Å². The van der Waals surface area contributed by atoms with Gasteiger partial charge in [0.1, 0.15) is 17.7 Å². The summed E-state index contributed by atoms with van der Waals surface area (Å²) in [5.41, 5.74) is 3.23. The summed E-state index contributed by atoms with van der Waals surface area (Å²) in [6.07, 6.45) is 0. The summed E-state index contributed by atoms with van der Waals surface area (Å²) in [6.45, 7) is 3.79. The second-order valence-electron chi connectivity index (χ2n) is 8.65. The van der Waals surface area contributed by atoms with E-state index < -0.39 is 29.7 Å². The number of amides is 3. The first kappa shape index (κ1) is 23.9. The van der Waals surface area contributed by atoms with Gasteiger partial charge in [-0.2, -0.15) is 0 Å². The molecule has 0 radical (unpaired) electrons. The first-order valence-corrected chi connectivity index (χ1v) is 10.9. The van der Waals surface area contributed by atoms with Gasteiger partial charge in [0.2, 0.25) is 0 Å². The van der Waals surface area contributed by atoms with Crippen LogP contribution in [0.2, 0.25) is 0 Å². The topological polar surface area (TPSA) is 98.7 Å². The Morgan fingerprint density at radius 1 is 0.886 bits per heavy atom. The highest BCUT2D eigenvalue weighted by molar-refractivity contribution is 6.02. The summed E-state index contributed by atoms with van der Waals surface area (Å²) < 4.78 is 26.6. The molecule has 0 unspecified atom stereocenters. The molecule has 0 fully saturated rings. The fourth-order valence-electron chi connectivity index (χ4n) is 4.17. The third-order valence-electron chi connectivity index (χ3n) is 5.76. The minimum absolute atomic E-state index is 0.0175. The number of nitrogens with one attached hydrogen (secondary N) is 2. The number of carbonyl (C=O) groups excluding carboxylic acids is 2. The fourth-order valence-corrected chi connectivity index (χ4v) is 4.17. The zero-order valence-corrected chi connectivity index (χ0v) is 19.0. The number of anilines is 2. The van der Waals surface area contributed by atoms with Crippen LogP contribution in [0.25, 0.3) is 11.1 Å². The third-order valence-corrected chi connectivity index (χ3v) is 5.76. The molecule has 3 amide bonds. The SMILES string of the molecule is CC(C)[C@@H](C(=O)O)N1Cc2ccc(-c3ccc(NC(=O)Nc4cc(F)cc(F)c4)cc3)cc2C1=O. The molecule has 1 aliphatic rings. The average Bonchev–Trinajstić information content (AvgIpc) is 3.08. The molecular formula is C26H23F2N3O4. The largest absolute Gasteiger partial charge is 0.480 e. The summed E-state index contributed by atoms with van der Waals surface area (Å²) in [6, 6.07) is 13.4. The molecule has 4 rings (SSSR count). The number of fused-ring (bicyclic) bond motifs is 1. The van der Waals surface area contributed by atoms with E-state index in [4.69, 9.17) is 0 Å². The van der Waals surface area contributed by atoms with Crippen molar-refractivity contribution in [3.8, 4) is 11.1 Å². The van der Waals surface area contributed by atoms with Gasteiger partial charge < -0.3 is 20.6 Å². The number of benzene rings is 3. The van der Waals surface area contributed by atoms with Crippen molar-refractivity contribution in [2.45, 2.75) is 26.4 Å². The third kappa shape index (κ3) is 5.13. The van der Waals surface area contributed by atoms with Gasteiger partial charge in [-0.05, 0) is 52.9 Å². The molecule has 3 N–H and O–H groups in total. The van der Waals surface area contributed by atoms with Crippen LogP contribution in [0, 0.1) is 17.6 Å². The summed E-state index contributed by atoms with van der Waals surface area (Å²) in [4.78, 5) is 38.2. The molecule has 1 atom stereocenters. The van der Waals surface area contributed by atoms with Crippen molar-refractivity contribution in [2.24, 2.45) is 5.92 Å². The van der Waals surface area contributed by atoms with Gasteiger partial charge in [0.25, 0.3) is 5.91 Å². The van der Waals surface area contributed by atoms with E-state index in [9.17, 15) is 28.3 Å². The van der Waals surface area contributed by atoms with Crippen LogP contribution in [0.15, 0.2) is 60.7 Å². The van der Waals surface area contributed by atoms with Crippen molar-refractivity contribution >= 4 is 29.3 Å². The number of halogens is 2. The standard InChI is InChI=1S/C26H23F2N3O4/c1-14(2)23(25(33)34)31-13-17-4-3-16(9-22(17)24(31)32)15-5-7-20(8-6-15)29-26(35)30-21-11-18(27)10-19(28)12-21/h3-12,14,23H,13H2,1-2H3,(H,33,34)(H2,29,30,35)/t23-/m0/s1. The Bertz CT molecular complexity index is 1290. The number of rotatable bonds is 6. The monoisotopic (exact) mass is 479 g/mol. The molecule has 0 aliphatic carbocycles. The maximum atomic E-state index is 13.3. The molecule has 0 spiro atoms. The van der Waals surface area contributed by atoms with E-state index in [0.717, 1.165) is 28.8 Å². The molecule has 3 aromatic rings. The Morgan fingerprint density at radius 3 is 2.09 bits per heavy atom. The minimum Gasteiger partial charge on any atom is -0.480 e. The Balaban J connectivity index is 1.47. The van der Waals surface area contributed by atoms with Gasteiger partial charge in [0.05, 0.1) is 0 Å². The van der Waals surface area contributed by atoms with Crippen LogP contribution in [0.4, 0.5) is 25.0 Å². The van der Waals surface area contributed by atoms with Crippen LogP contribution in [0.3, 0.4) is 0 Å². The first-order chi connectivity index (χ1) is 16.6. The van der Waals surface area contributed by atoms with Crippen LogP contribution < -0.4 is 10.6 Å². The lowest BCUT2D eigenvalue weighted by Gasteiger charge is -2.27. The summed E-state index contributed by atoms with van der Waals surface area (Å²) in [7, 11) is 0. The Morgan fingerprint density at radius 2 is 1.49 bits per heavy atom. The van der Waals surface area contributed by atoms with Gasteiger partial charge in [0.15, 0.2) is 0 Å². The Hall–Kier alpha value is -4.27. The lowest BCUT2D eigenvalue weighted by molar-refractivity contribution is -0.144. The van der Waals surface area contributed by atoms with Gasteiger partial charge in [-0.15, -0.1) is 0 Å². The van der Waals surface area contributed by atoms with Gasteiger partial charge >= 0.3 is 12.0 Å². The second kappa shape index (κ2) is 9.54. The van der Waals surface area contributed by atoms with E-state index in [1.165, 1.54) is 4.90 Å². The second-order valence-corrected chi connectivity index (χ2v) is 8.65. The summed E-state index contributed by atoms with van der Waals surface area (Å²) in [5.74, 6) is -3.18.